The van der Waals surface area contributed by atoms with Crippen molar-refractivity contribution in [3.05, 3.63) is 11.8 Å². The molecule has 0 spiro atoms. The van der Waals surface area contributed by atoms with Crippen LogP contribution in [0, 0.1) is 0 Å². The highest BCUT2D eigenvalue weighted by atomic mass is 28.4. The summed E-state index contributed by atoms with van der Waals surface area (Å²) < 4.78 is 23.5. The third kappa shape index (κ3) is 7.52. The predicted octanol–water partition coefficient (Wildman–Crippen LogP) is 4.54. The predicted molar refractivity (Wildman–Crippen MR) is 97.5 cm³/mol. The summed E-state index contributed by atoms with van der Waals surface area (Å²) in [6, 6.07) is 0. The van der Waals surface area contributed by atoms with Crippen molar-refractivity contribution in [2.24, 2.45) is 0 Å². The van der Waals surface area contributed by atoms with E-state index in [0.29, 0.717) is 19.8 Å². The van der Waals surface area contributed by atoms with Gasteiger partial charge in [-0.3, -0.25) is 0 Å². The van der Waals surface area contributed by atoms with Crippen molar-refractivity contribution < 1.29 is 17.7 Å². The summed E-state index contributed by atoms with van der Waals surface area (Å²) in [5, 5.41) is 0.247. The second-order valence-corrected chi connectivity index (χ2v) is 13.9. The van der Waals surface area contributed by atoms with Crippen LogP contribution in [-0.2, 0) is 17.7 Å². The van der Waals surface area contributed by atoms with Gasteiger partial charge in [0.1, 0.15) is 0 Å². The standard InChI is InChI=1S/C16H36O4Si2/c1-9-17-22(18-10-2,19-11-3)15-13-12-14-20-21(7,8)16(4,5)6/h13,15H,9-12,14H2,1-8H3/b15-13-. The molecule has 0 aliphatic carbocycles. The van der Waals surface area contributed by atoms with E-state index in [4.69, 9.17) is 17.7 Å². The number of hydrogen-bond donors (Lipinski definition) is 0. The van der Waals surface area contributed by atoms with Crippen molar-refractivity contribution in [3.63, 3.8) is 0 Å². The van der Waals surface area contributed by atoms with Gasteiger partial charge in [0.25, 0.3) is 0 Å². The van der Waals surface area contributed by atoms with Gasteiger partial charge in [0.2, 0.25) is 0 Å². The minimum atomic E-state index is -2.65. The van der Waals surface area contributed by atoms with Gasteiger partial charge in [0, 0.05) is 26.4 Å². The van der Waals surface area contributed by atoms with Crippen LogP contribution < -0.4 is 0 Å². The molecule has 4 nitrogen and oxygen atoms in total. The first-order valence-electron chi connectivity index (χ1n) is 8.37. The summed E-state index contributed by atoms with van der Waals surface area (Å²) in [7, 11) is -4.32. The van der Waals surface area contributed by atoms with E-state index < -0.39 is 17.1 Å². The molecule has 0 rings (SSSR count). The quantitative estimate of drug-likeness (QED) is 0.406. The van der Waals surface area contributed by atoms with E-state index in [1.165, 1.54) is 0 Å². The SMILES string of the molecule is CCO[Si](/C=C\CCO[Si](C)(C)C(C)(C)C)(OCC)OCC. The molecule has 0 saturated heterocycles. The van der Waals surface area contributed by atoms with Crippen LogP contribution in [0.25, 0.3) is 0 Å². The molecule has 0 amide bonds. The molecule has 0 aromatic heterocycles. The zero-order valence-corrected chi connectivity index (χ0v) is 17.8. The lowest BCUT2D eigenvalue weighted by Gasteiger charge is -2.36. The van der Waals surface area contributed by atoms with Gasteiger partial charge < -0.3 is 17.7 Å². The lowest BCUT2D eigenvalue weighted by Crippen LogP contribution is -2.44. The van der Waals surface area contributed by atoms with E-state index in [-0.39, 0.29) is 5.04 Å². The van der Waals surface area contributed by atoms with Crippen LogP contribution >= 0.6 is 0 Å². The van der Waals surface area contributed by atoms with E-state index in [0.717, 1.165) is 13.0 Å². The van der Waals surface area contributed by atoms with Gasteiger partial charge in [-0.2, -0.15) is 0 Å². The van der Waals surface area contributed by atoms with Crippen LogP contribution in [0.15, 0.2) is 11.8 Å². The molecular weight excluding hydrogens is 312 g/mol. The van der Waals surface area contributed by atoms with Crippen LogP contribution in [0.4, 0.5) is 0 Å². The number of rotatable bonds is 11. The Hall–Kier alpha value is 0.0138. The van der Waals surface area contributed by atoms with Gasteiger partial charge in [-0.15, -0.1) is 0 Å². The zero-order valence-electron chi connectivity index (χ0n) is 15.8. The summed E-state index contributed by atoms with van der Waals surface area (Å²) >= 11 is 0. The Labute approximate surface area is 139 Å². The van der Waals surface area contributed by atoms with Crippen LogP contribution in [0.5, 0.6) is 0 Å². The van der Waals surface area contributed by atoms with Crippen molar-refractivity contribution in [2.45, 2.75) is 66.1 Å². The molecule has 22 heavy (non-hydrogen) atoms. The second-order valence-electron chi connectivity index (χ2n) is 6.70. The molecule has 0 aliphatic rings. The molecule has 0 aromatic rings. The third-order valence-corrected chi connectivity index (χ3v) is 11.2. The fourth-order valence-corrected chi connectivity index (χ4v) is 4.96. The van der Waals surface area contributed by atoms with Gasteiger partial charge in [0.05, 0.1) is 0 Å². The Morgan fingerprint density at radius 2 is 1.27 bits per heavy atom. The highest BCUT2D eigenvalue weighted by molar-refractivity contribution is 6.74. The van der Waals surface area contributed by atoms with E-state index in [1.807, 2.05) is 26.5 Å². The molecule has 0 bridgehead atoms. The van der Waals surface area contributed by atoms with E-state index in [9.17, 15) is 0 Å². The molecule has 0 aliphatic heterocycles. The summed E-state index contributed by atoms with van der Waals surface area (Å²) in [5.74, 6) is 0. The highest BCUT2D eigenvalue weighted by Crippen LogP contribution is 2.36. The lowest BCUT2D eigenvalue weighted by atomic mass is 10.2. The molecule has 0 aromatic carbocycles. The summed E-state index contributed by atoms with van der Waals surface area (Å²) in [6.45, 7) is 19.7. The van der Waals surface area contributed by atoms with Crippen LogP contribution in [-0.4, -0.2) is 43.5 Å². The van der Waals surface area contributed by atoms with Crippen molar-refractivity contribution >= 4 is 17.1 Å². The maximum absolute atomic E-state index is 6.17. The average Bonchev–Trinajstić information content (AvgIpc) is 2.37. The van der Waals surface area contributed by atoms with Crippen LogP contribution in [0.2, 0.25) is 18.1 Å². The topological polar surface area (TPSA) is 36.9 Å². The minimum Gasteiger partial charge on any atom is -0.417 e. The van der Waals surface area contributed by atoms with Gasteiger partial charge in [-0.05, 0) is 51.0 Å². The Bertz CT molecular complexity index is 308. The molecule has 0 N–H and O–H groups in total. The molecule has 6 heteroatoms. The smallest absolute Gasteiger partial charge is 0.417 e. The normalized spacial score (nSPS) is 14.0. The number of hydrogen-bond acceptors (Lipinski definition) is 4. The highest BCUT2D eigenvalue weighted by Gasteiger charge is 2.38. The van der Waals surface area contributed by atoms with Gasteiger partial charge in [0.15, 0.2) is 8.32 Å². The molecule has 0 atom stereocenters. The first kappa shape index (κ1) is 22.0. The summed E-state index contributed by atoms with van der Waals surface area (Å²) in [6.07, 6.45) is 2.94. The maximum atomic E-state index is 6.17. The van der Waals surface area contributed by atoms with E-state index in [1.54, 1.807) is 0 Å². The van der Waals surface area contributed by atoms with Crippen molar-refractivity contribution in [1.29, 1.82) is 0 Å². The third-order valence-electron chi connectivity index (χ3n) is 3.91. The monoisotopic (exact) mass is 348 g/mol. The molecule has 0 fully saturated rings. The Kier molecular flexibility index (Phi) is 10.0. The van der Waals surface area contributed by atoms with Gasteiger partial charge in [-0.25, -0.2) is 0 Å². The Morgan fingerprint density at radius 3 is 1.64 bits per heavy atom. The van der Waals surface area contributed by atoms with Crippen LogP contribution in [0.1, 0.15) is 48.0 Å². The second kappa shape index (κ2) is 10.00. The minimum absolute atomic E-state index is 0.247. The molecular formula is C16H36O4Si2. The van der Waals surface area contributed by atoms with Gasteiger partial charge in [-0.1, -0.05) is 26.8 Å². The van der Waals surface area contributed by atoms with Gasteiger partial charge >= 0.3 is 8.80 Å². The van der Waals surface area contributed by atoms with Crippen molar-refractivity contribution in [3.8, 4) is 0 Å². The summed E-state index contributed by atoms with van der Waals surface area (Å²) in [4.78, 5) is 0. The first-order valence-corrected chi connectivity index (χ1v) is 13.1. The van der Waals surface area contributed by atoms with E-state index >= 15 is 0 Å². The fraction of sp³-hybridized carbons (Fsp3) is 0.875. The first-order chi connectivity index (χ1) is 10.1. The molecule has 0 unspecified atom stereocenters. The van der Waals surface area contributed by atoms with Crippen molar-refractivity contribution in [1.82, 2.24) is 0 Å². The molecule has 132 valence electrons. The Morgan fingerprint density at radius 1 is 0.818 bits per heavy atom. The van der Waals surface area contributed by atoms with Crippen molar-refractivity contribution in [2.75, 3.05) is 26.4 Å². The Balaban J connectivity index is 4.53. The molecule has 0 radical (unpaired) electrons. The van der Waals surface area contributed by atoms with Crippen LogP contribution in [0.3, 0.4) is 0 Å². The largest absolute Gasteiger partial charge is 0.529 e. The molecule has 0 heterocycles. The lowest BCUT2D eigenvalue weighted by molar-refractivity contribution is 0.0842. The summed E-state index contributed by atoms with van der Waals surface area (Å²) in [5.41, 5.74) is 2.00. The maximum Gasteiger partial charge on any atom is 0.529 e. The van der Waals surface area contributed by atoms with E-state index in [2.05, 4.69) is 39.9 Å². The fourth-order valence-electron chi connectivity index (χ4n) is 1.70. The zero-order chi connectivity index (χ0) is 17.3. The molecule has 0 saturated carbocycles. The average molecular weight is 349 g/mol.